The van der Waals surface area contributed by atoms with E-state index in [1.807, 2.05) is 24.3 Å². The van der Waals surface area contributed by atoms with E-state index < -0.39 is 17.4 Å². The fourth-order valence-corrected chi connectivity index (χ4v) is 3.02. The summed E-state index contributed by atoms with van der Waals surface area (Å²) in [5, 5.41) is 2.57. The number of esters is 1. The van der Waals surface area contributed by atoms with E-state index in [4.69, 9.17) is 4.74 Å². The molecular formula is C22H20N2O4. The molecular weight excluding hydrogens is 356 g/mol. The van der Waals surface area contributed by atoms with E-state index in [9.17, 15) is 14.4 Å². The lowest BCUT2D eigenvalue weighted by Crippen LogP contribution is -2.23. The number of pyridine rings is 1. The molecule has 2 N–H and O–H groups in total. The van der Waals surface area contributed by atoms with E-state index in [0.29, 0.717) is 22.4 Å². The molecule has 0 saturated heterocycles. The highest BCUT2D eigenvalue weighted by Gasteiger charge is 2.26. The van der Waals surface area contributed by atoms with Crippen LogP contribution in [0.15, 0.2) is 65.5 Å². The first-order chi connectivity index (χ1) is 13.5. The van der Waals surface area contributed by atoms with Gasteiger partial charge in [0.1, 0.15) is 5.69 Å². The molecule has 1 amide bonds. The summed E-state index contributed by atoms with van der Waals surface area (Å²) in [5.41, 5.74) is 1.67. The number of hydrogen-bond acceptors (Lipinski definition) is 4. The first kappa shape index (κ1) is 19.1. The molecule has 0 unspecified atom stereocenters. The highest BCUT2D eigenvalue weighted by atomic mass is 16.5. The Labute approximate surface area is 162 Å². The van der Waals surface area contributed by atoms with E-state index in [1.165, 1.54) is 6.92 Å². The molecule has 0 aliphatic rings. The predicted molar refractivity (Wildman–Crippen MR) is 108 cm³/mol. The molecule has 3 rings (SSSR count). The topological polar surface area (TPSA) is 88.3 Å². The summed E-state index contributed by atoms with van der Waals surface area (Å²) in [6.07, 6.45) is 0. The van der Waals surface area contributed by atoms with Crippen LogP contribution in [0.1, 0.15) is 24.2 Å². The largest absolute Gasteiger partial charge is 0.462 e. The number of aromatic nitrogens is 1. The van der Waals surface area contributed by atoms with Gasteiger partial charge in [0.25, 0.3) is 5.56 Å². The summed E-state index contributed by atoms with van der Waals surface area (Å²) in [6, 6.07) is 18.0. The van der Waals surface area contributed by atoms with E-state index >= 15 is 0 Å². The normalized spacial score (nSPS) is 10.4. The molecule has 0 saturated carbocycles. The number of amides is 1. The van der Waals surface area contributed by atoms with Gasteiger partial charge in [-0.25, -0.2) is 4.79 Å². The zero-order valence-electron chi connectivity index (χ0n) is 15.6. The Bertz CT molecular complexity index is 1060. The van der Waals surface area contributed by atoms with Gasteiger partial charge < -0.3 is 15.0 Å². The lowest BCUT2D eigenvalue weighted by molar-refractivity contribution is -0.114. The highest BCUT2D eigenvalue weighted by molar-refractivity contribution is 6.08. The van der Waals surface area contributed by atoms with Crippen molar-refractivity contribution in [2.75, 3.05) is 11.9 Å². The van der Waals surface area contributed by atoms with Crippen molar-refractivity contribution in [1.82, 2.24) is 4.98 Å². The lowest BCUT2D eigenvalue weighted by Gasteiger charge is -2.18. The van der Waals surface area contributed by atoms with Crippen molar-refractivity contribution in [2.24, 2.45) is 0 Å². The molecule has 0 bridgehead atoms. The second-order valence-corrected chi connectivity index (χ2v) is 6.09. The third-order valence-electron chi connectivity index (χ3n) is 4.12. The molecule has 6 heteroatoms. The minimum absolute atomic E-state index is 0.0152. The van der Waals surface area contributed by atoms with Crippen LogP contribution in [0.25, 0.3) is 22.4 Å². The fraction of sp³-hybridized carbons (Fsp3) is 0.136. The molecule has 6 nitrogen and oxygen atoms in total. The number of ether oxygens (including phenoxy) is 1. The van der Waals surface area contributed by atoms with Crippen LogP contribution < -0.4 is 10.9 Å². The third kappa shape index (κ3) is 3.86. The highest BCUT2D eigenvalue weighted by Crippen LogP contribution is 2.35. The summed E-state index contributed by atoms with van der Waals surface area (Å²) in [4.78, 5) is 40.3. The SMILES string of the molecule is CCOC(=O)c1c(-c2ccccc2)[nH]c(=O)c(NC(C)=O)c1-c1ccccc1. The number of carbonyl (C=O) groups excluding carboxylic acids is 2. The van der Waals surface area contributed by atoms with E-state index in [1.54, 1.807) is 43.3 Å². The molecule has 3 aromatic rings. The van der Waals surface area contributed by atoms with Gasteiger partial charge in [-0.2, -0.15) is 0 Å². The van der Waals surface area contributed by atoms with Crippen molar-refractivity contribution in [3.8, 4) is 22.4 Å². The van der Waals surface area contributed by atoms with Crippen molar-refractivity contribution < 1.29 is 14.3 Å². The number of H-pyrrole nitrogens is 1. The van der Waals surface area contributed by atoms with Gasteiger partial charge in [0, 0.05) is 12.5 Å². The standard InChI is InChI=1S/C22H20N2O4/c1-3-28-22(27)18-17(15-10-6-4-7-11-15)20(23-14(2)25)21(26)24-19(18)16-12-8-5-9-13-16/h4-13H,3H2,1-2H3,(H,23,25)(H,24,26). The molecule has 0 spiro atoms. The molecule has 0 radical (unpaired) electrons. The van der Waals surface area contributed by atoms with Crippen LogP contribution in [-0.2, 0) is 9.53 Å². The molecule has 142 valence electrons. The van der Waals surface area contributed by atoms with Gasteiger partial charge in [-0.1, -0.05) is 60.7 Å². The molecule has 28 heavy (non-hydrogen) atoms. The number of anilines is 1. The average molecular weight is 376 g/mol. The van der Waals surface area contributed by atoms with E-state index in [0.717, 1.165) is 0 Å². The van der Waals surface area contributed by atoms with Crippen molar-refractivity contribution in [3.63, 3.8) is 0 Å². The van der Waals surface area contributed by atoms with Crippen molar-refractivity contribution in [3.05, 3.63) is 76.6 Å². The number of carbonyl (C=O) groups is 2. The van der Waals surface area contributed by atoms with Crippen molar-refractivity contribution >= 4 is 17.6 Å². The molecule has 0 aliphatic carbocycles. The zero-order chi connectivity index (χ0) is 20.1. The molecule has 0 atom stereocenters. The third-order valence-corrected chi connectivity index (χ3v) is 4.12. The van der Waals surface area contributed by atoms with Crippen LogP contribution >= 0.6 is 0 Å². The van der Waals surface area contributed by atoms with Crippen LogP contribution in [-0.4, -0.2) is 23.5 Å². The van der Waals surface area contributed by atoms with Crippen LogP contribution in [0, 0.1) is 0 Å². The number of benzene rings is 2. The van der Waals surface area contributed by atoms with Gasteiger partial charge in [-0.15, -0.1) is 0 Å². The molecule has 1 heterocycles. The maximum atomic E-state index is 12.9. The minimum atomic E-state index is -0.581. The number of nitrogens with one attached hydrogen (secondary N) is 2. The van der Waals surface area contributed by atoms with Gasteiger partial charge in [0.15, 0.2) is 0 Å². The van der Waals surface area contributed by atoms with Crippen LogP contribution in [0.4, 0.5) is 5.69 Å². The Morgan fingerprint density at radius 2 is 1.54 bits per heavy atom. The average Bonchev–Trinajstić information content (AvgIpc) is 2.70. The first-order valence-electron chi connectivity index (χ1n) is 8.88. The predicted octanol–water partition coefficient (Wildman–Crippen LogP) is 3.84. The Morgan fingerprint density at radius 3 is 2.07 bits per heavy atom. The van der Waals surface area contributed by atoms with Gasteiger partial charge in [0.2, 0.25) is 5.91 Å². The molecule has 1 aromatic heterocycles. The fourth-order valence-electron chi connectivity index (χ4n) is 3.02. The number of rotatable bonds is 5. The summed E-state index contributed by atoms with van der Waals surface area (Å²) in [5.74, 6) is -0.993. The van der Waals surface area contributed by atoms with Crippen LogP contribution in [0.3, 0.4) is 0 Å². The van der Waals surface area contributed by atoms with Crippen molar-refractivity contribution in [1.29, 1.82) is 0 Å². The van der Waals surface area contributed by atoms with Crippen molar-refractivity contribution in [2.45, 2.75) is 13.8 Å². The number of aromatic amines is 1. The summed E-state index contributed by atoms with van der Waals surface area (Å²) in [6.45, 7) is 3.20. The van der Waals surface area contributed by atoms with Gasteiger partial charge in [-0.3, -0.25) is 9.59 Å². The second-order valence-electron chi connectivity index (χ2n) is 6.09. The Kier molecular flexibility index (Phi) is 5.69. The number of hydrogen-bond donors (Lipinski definition) is 2. The van der Waals surface area contributed by atoms with E-state index in [-0.39, 0.29) is 17.9 Å². The molecule has 0 aliphatic heterocycles. The maximum Gasteiger partial charge on any atom is 0.340 e. The lowest BCUT2D eigenvalue weighted by atomic mass is 9.94. The minimum Gasteiger partial charge on any atom is -0.462 e. The second kappa shape index (κ2) is 8.35. The first-order valence-corrected chi connectivity index (χ1v) is 8.88. The smallest absolute Gasteiger partial charge is 0.340 e. The zero-order valence-corrected chi connectivity index (χ0v) is 15.6. The van der Waals surface area contributed by atoms with Gasteiger partial charge >= 0.3 is 5.97 Å². The van der Waals surface area contributed by atoms with Gasteiger partial charge in [-0.05, 0) is 18.1 Å². The van der Waals surface area contributed by atoms with E-state index in [2.05, 4.69) is 10.3 Å². The molecule has 2 aromatic carbocycles. The Morgan fingerprint density at radius 1 is 0.964 bits per heavy atom. The Balaban J connectivity index is 2.43. The molecule has 0 fully saturated rings. The maximum absolute atomic E-state index is 12.9. The summed E-state index contributed by atoms with van der Waals surface area (Å²) >= 11 is 0. The van der Waals surface area contributed by atoms with Gasteiger partial charge in [0.05, 0.1) is 17.9 Å². The monoisotopic (exact) mass is 376 g/mol. The quantitative estimate of drug-likeness (QED) is 0.662. The summed E-state index contributed by atoms with van der Waals surface area (Å²) < 4.78 is 5.28. The van der Waals surface area contributed by atoms with Crippen LogP contribution in [0.2, 0.25) is 0 Å². The summed E-state index contributed by atoms with van der Waals surface area (Å²) in [7, 11) is 0. The van der Waals surface area contributed by atoms with Crippen LogP contribution in [0.5, 0.6) is 0 Å². The Hall–Kier alpha value is -3.67.